The molecule has 0 spiro atoms. The fourth-order valence-corrected chi connectivity index (χ4v) is 7.20. The fourth-order valence-electron chi connectivity index (χ4n) is 4.70. The standard InChI is InChI=1S/C30H26N4S2/c31-21-11-7-15-25-27(21)29(19-9-1-3-13-23(19)33-25)35-17-5-6-18-36-30-20-10-2-4-14-24(20)34-26-16-8-12-22(32)28(26)30/h1-4,7-16H,5-6,17-18,31-32H2. The van der Waals surface area contributed by atoms with Crippen molar-refractivity contribution in [2.75, 3.05) is 23.0 Å². The highest BCUT2D eigenvalue weighted by atomic mass is 32.2. The molecule has 0 saturated heterocycles. The molecule has 4 N–H and O–H groups in total. The van der Waals surface area contributed by atoms with Crippen LogP contribution in [0.5, 0.6) is 0 Å². The summed E-state index contributed by atoms with van der Waals surface area (Å²) in [4.78, 5) is 12.1. The van der Waals surface area contributed by atoms with Crippen LogP contribution in [0.1, 0.15) is 12.8 Å². The molecule has 2 aromatic heterocycles. The van der Waals surface area contributed by atoms with Crippen molar-refractivity contribution in [2.45, 2.75) is 22.6 Å². The van der Waals surface area contributed by atoms with E-state index in [-0.39, 0.29) is 0 Å². The van der Waals surface area contributed by atoms with Crippen molar-refractivity contribution in [1.82, 2.24) is 9.97 Å². The molecule has 0 amide bonds. The molecular formula is C30H26N4S2. The van der Waals surface area contributed by atoms with Crippen molar-refractivity contribution < 1.29 is 0 Å². The molecule has 0 unspecified atom stereocenters. The lowest BCUT2D eigenvalue weighted by molar-refractivity contribution is 0.907. The van der Waals surface area contributed by atoms with Crippen molar-refractivity contribution in [2.24, 2.45) is 0 Å². The number of benzene rings is 4. The van der Waals surface area contributed by atoms with Gasteiger partial charge in [0.1, 0.15) is 0 Å². The Hall–Kier alpha value is -3.48. The van der Waals surface area contributed by atoms with Gasteiger partial charge in [-0.25, -0.2) is 9.97 Å². The predicted octanol–water partition coefficient (Wildman–Crippen LogP) is 7.92. The van der Waals surface area contributed by atoms with E-state index in [0.717, 1.165) is 68.6 Å². The van der Waals surface area contributed by atoms with Crippen LogP contribution < -0.4 is 11.5 Å². The number of nitrogens with zero attached hydrogens (tertiary/aromatic N) is 2. The summed E-state index contributed by atoms with van der Waals surface area (Å²) < 4.78 is 0. The van der Waals surface area contributed by atoms with Crippen LogP contribution >= 0.6 is 23.5 Å². The lowest BCUT2D eigenvalue weighted by Gasteiger charge is -2.13. The first-order chi connectivity index (χ1) is 17.7. The molecule has 0 atom stereocenters. The zero-order valence-corrected chi connectivity index (χ0v) is 21.4. The van der Waals surface area contributed by atoms with E-state index < -0.39 is 0 Å². The van der Waals surface area contributed by atoms with Gasteiger partial charge in [-0.15, -0.1) is 23.5 Å². The minimum absolute atomic E-state index is 0.790. The summed E-state index contributed by atoms with van der Waals surface area (Å²) in [5.41, 5.74) is 18.3. The number of nitrogens with two attached hydrogens (primary N) is 2. The number of fused-ring (bicyclic) bond motifs is 4. The second-order valence-electron chi connectivity index (χ2n) is 8.80. The number of anilines is 2. The Morgan fingerprint density at radius 1 is 0.500 bits per heavy atom. The summed E-state index contributed by atoms with van der Waals surface area (Å²) in [5, 5.41) is 4.49. The number of unbranched alkanes of at least 4 members (excludes halogenated alkanes) is 1. The maximum Gasteiger partial charge on any atom is 0.0741 e. The number of para-hydroxylation sites is 2. The Bertz CT molecular complexity index is 1600. The second kappa shape index (κ2) is 9.88. The van der Waals surface area contributed by atoms with E-state index in [0.29, 0.717) is 0 Å². The monoisotopic (exact) mass is 506 g/mol. The van der Waals surface area contributed by atoms with Gasteiger partial charge in [-0.05, 0) is 60.7 Å². The first kappa shape index (κ1) is 23.0. The van der Waals surface area contributed by atoms with Crippen LogP contribution in [0.25, 0.3) is 43.6 Å². The van der Waals surface area contributed by atoms with Gasteiger partial charge in [0.2, 0.25) is 0 Å². The van der Waals surface area contributed by atoms with Gasteiger partial charge in [0.25, 0.3) is 0 Å². The minimum Gasteiger partial charge on any atom is -0.398 e. The van der Waals surface area contributed by atoms with Gasteiger partial charge in [-0.3, -0.25) is 0 Å². The molecule has 0 saturated carbocycles. The largest absolute Gasteiger partial charge is 0.398 e. The highest BCUT2D eigenvalue weighted by Gasteiger charge is 2.13. The molecule has 6 heteroatoms. The van der Waals surface area contributed by atoms with E-state index >= 15 is 0 Å². The summed E-state index contributed by atoms with van der Waals surface area (Å²) in [6, 6.07) is 28.7. The predicted molar refractivity (Wildman–Crippen MR) is 158 cm³/mol. The molecule has 0 aliphatic carbocycles. The van der Waals surface area contributed by atoms with Gasteiger partial charge >= 0.3 is 0 Å². The van der Waals surface area contributed by atoms with Gasteiger partial charge in [0, 0.05) is 42.7 Å². The number of thioether (sulfide) groups is 2. The Morgan fingerprint density at radius 3 is 1.39 bits per heavy atom. The number of nitrogen functional groups attached to an aromatic ring is 2. The highest BCUT2D eigenvalue weighted by molar-refractivity contribution is 8.00. The Morgan fingerprint density at radius 2 is 0.917 bits per heavy atom. The maximum absolute atomic E-state index is 6.40. The normalized spacial score (nSPS) is 11.7. The van der Waals surface area contributed by atoms with E-state index in [4.69, 9.17) is 21.4 Å². The van der Waals surface area contributed by atoms with E-state index in [9.17, 15) is 0 Å². The van der Waals surface area contributed by atoms with Gasteiger partial charge in [-0.1, -0.05) is 48.5 Å². The molecule has 0 radical (unpaired) electrons. The van der Waals surface area contributed by atoms with E-state index in [1.54, 1.807) is 0 Å². The lowest BCUT2D eigenvalue weighted by Crippen LogP contribution is -1.94. The molecule has 4 aromatic carbocycles. The smallest absolute Gasteiger partial charge is 0.0741 e. The molecule has 36 heavy (non-hydrogen) atoms. The van der Waals surface area contributed by atoms with Crippen LogP contribution in [0.3, 0.4) is 0 Å². The van der Waals surface area contributed by atoms with Crippen LogP contribution in [0.4, 0.5) is 11.4 Å². The average Bonchev–Trinajstić information content (AvgIpc) is 2.89. The van der Waals surface area contributed by atoms with Gasteiger partial charge in [0.15, 0.2) is 0 Å². The van der Waals surface area contributed by atoms with E-state index in [1.807, 2.05) is 72.1 Å². The molecule has 0 bridgehead atoms. The van der Waals surface area contributed by atoms with Crippen molar-refractivity contribution in [3.8, 4) is 0 Å². The lowest BCUT2D eigenvalue weighted by atomic mass is 10.1. The number of aromatic nitrogens is 2. The zero-order valence-electron chi connectivity index (χ0n) is 19.8. The molecule has 0 aliphatic heterocycles. The highest BCUT2D eigenvalue weighted by Crippen LogP contribution is 2.39. The topological polar surface area (TPSA) is 77.8 Å². The molecule has 2 heterocycles. The van der Waals surface area contributed by atoms with Crippen molar-refractivity contribution in [3.05, 3.63) is 84.9 Å². The summed E-state index contributed by atoms with van der Waals surface area (Å²) in [6.45, 7) is 0. The summed E-state index contributed by atoms with van der Waals surface area (Å²) in [5.74, 6) is 2.05. The van der Waals surface area contributed by atoms with Crippen LogP contribution in [0.2, 0.25) is 0 Å². The van der Waals surface area contributed by atoms with Crippen LogP contribution in [-0.2, 0) is 0 Å². The van der Waals surface area contributed by atoms with Gasteiger partial charge < -0.3 is 11.5 Å². The SMILES string of the molecule is Nc1cccc2nc3ccccc3c(SCCCCSc3c4ccccc4nc4cccc(N)c34)c12. The van der Waals surface area contributed by atoms with Crippen molar-refractivity contribution in [3.63, 3.8) is 0 Å². The fraction of sp³-hybridized carbons (Fsp3) is 0.133. The molecule has 178 valence electrons. The van der Waals surface area contributed by atoms with Crippen LogP contribution in [0, 0.1) is 0 Å². The Labute approximate surface area is 218 Å². The first-order valence-corrected chi connectivity index (χ1v) is 14.1. The maximum atomic E-state index is 6.40. The quantitative estimate of drug-likeness (QED) is 0.0991. The van der Waals surface area contributed by atoms with Gasteiger partial charge in [0.05, 0.1) is 22.1 Å². The molecule has 6 aromatic rings. The second-order valence-corrected chi connectivity index (χ2v) is 11.0. The van der Waals surface area contributed by atoms with Crippen LogP contribution in [0.15, 0.2) is 94.7 Å². The molecule has 0 aliphatic rings. The number of hydrogen-bond donors (Lipinski definition) is 2. The summed E-state index contributed by atoms with van der Waals surface area (Å²) in [7, 11) is 0. The molecule has 4 nitrogen and oxygen atoms in total. The van der Waals surface area contributed by atoms with Crippen LogP contribution in [-0.4, -0.2) is 21.5 Å². The number of rotatable bonds is 7. The molecular weight excluding hydrogens is 480 g/mol. The van der Waals surface area contributed by atoms with Crippen molar-refractivity contribution >= 4 is 78.5 Å². The number of hydrogen-bond acceptors (Lipinski definition) is 6. The van der Waals surface area contributed by atoms with E-state index in [2.05, 4.69) is 36.4 Å². The number of pyridine rings is 2. The molecule has 6 rings (SSSR count). The third-order valence-electron chi connectivity index (χ3n) is 6.41. The van der Waals surface area contributed by atoms with E-state index in [1.165, 1.54) is 20.6 Å². The third-order valence-corrected chi connectivity index (χ3v) is 8.83. The Balaban J connectivity index is 1.19. The zero-order chi connectivity index (χ0) is 24.5. The average molecular weight is 507 g/mol. The van der Waals surface area contributed by atoms with Gasteiger partial charge in [-0.2, -0.15) is 0 Å². The molecule has 0 fully saturated rings. The summed E-state index contributed by atoms with van der Waals surface area (Å²) in [6.07, 6.45) is 2.22. The minimum atomic E-state index is 0.790. The van der Waals surface area contributed by atoms with Crippen molar-refractivity contribution in [1.29, 1.82) is 0 Å². The first-order valence-electron chi connectivity index (χ1n) is 12.1. The third kappa shape index (κ3) is 4.21. The summed E-state index contributed by atoms with van der Waals surface area (Å²) >= 11 is 3.78. The Kier molecular flexibility index (Phi) is 6.30.